The van der Waals surface area contributed by atoms with Crippen LogP contribution in [0.1, 0.15) is 19.0 Å². The van der Waals surface area contributed by atoms with Crippen molar-refractivity contribution in [2.24, 2.45) is 0 Å². The summed E-state index contributed by atoms with van der Waals surface area (Å²) in [6, 6.07) is 10.4. The largest absolute Gasteiger partial charge is 0.261 e. The summed E-state index contributed by atoms with van der Waals surface area (Å²) in [6.45, 7) is 5.98. The van der Waals surface area contributed by atoms with E-state index < -0.39 is 0 Å². The van der Waals surface area contributed by atoms with E-state index in [0.29, 0.717) is 0 Å². The highest BCUT2D eigenvalue weighted by molar-refractivity contribution is 5.85. The van der Waals surface area contributed by atoms with Gasteiger partial charge in [-0.15, -0.1) is 19.0 Å². The van der Waals surface area contributed by atoms with Crippen molar-refractivity contribution in [1.29, 1.82) is 0 Å². The van der Waals surface area contributed by atoms with Gasteiger partial charge in [0, 0.05) is 17.3 Å². The van der Waals surface area contributed by atoms with Gasteiger partial charge in [-0.25, -0.2) is 0 Å². The van der Waals surface area contributed by atoms with Crippen molar-refractivity contribution >= 4 is 23.2 Å². The van der Waals surface area contributed by atoms with E-state index in [-0.39, 0.29) is 12.4 Å². The van der Waals surface area contributed by atoms with E-state index in [1.165, 1.54) is 22.0 Å². The van der Waals surface area contributed by atoms with E-state index in [1.807, 2.05) is 6.20 Å². The van der Waals surface area contributed by atoms with E-state index in [0.717, 1.165) is 12.8 Å². The Morgan fingerprint density at radius 1 is 1.25 bits per heavy atom. The molecule has 0 spiro atoms. The minimum atomic E-state index is 0. The first kappa shape index (κ1) is 12.7. The molecule has 0 bridgehead atoms. The van der Waals surface area contributed by atoms with E-state index in [2.05, 4.69) is 48.8 Å². The van der Waals surface area contributed by atoms with Gasteiger partial charge in [-0.2, -0.15) is 0 Å². The van der Waals surface area contributed by atoms with Gasteiger partial charge in [0.1, 0.15) is 0 Å². The highest BCUT2D eigenvalue weighted by Crippen LogP contribution is 2.18. The summed E-state index contributed by atoms with van der Waals surface area (Å²) >= 11 is 0. The van der Waals surface area contributed by atoms with Gasteiger partial charge < -0.3 is 0 Å². The first-order valence-corrected chi connectivity index (χ1v) is 5.24. The number of hydrogen-bond acceptors (Lipinski definition) is 1. The quantitative estimate of drug-likeness (QED) is 0.726. The van der Waals surface area contributed by atoms with Crippen LogP contribution in [0.15, 0.2) is 48.7 Å². The van der Waals surface area contributed by atoms with Crippen LogP contribution in [0.5, 0.6) is 0 Å². The molecule has 0 aliphatic rings. The van der Waals surface area contributed by atoms with Gasteiger partial charge in [-0.3, -0.25) is 4.98 Å². The maximum atomic E-state index is 4.44. The first-order chi connectivity index (χ1) is 7.27. The lowest BCUT2D eigenvalue weighted by Gasteiger charge is -2.04. The van der Waals surface area contributed by atoms with Crippen LogP contribution >= 0.6 is 12.4 Å². The van der Waals surface area contributed by atoms with Gasteiger partial charge in [0.15, 0.2) is 0 Å². The number of allylic oxidation sites excluding steroid dienone is 1. The molecule has 0 N–H and O–H groups in total. The predicted molar refractivity (Wildman–Crippen MR) is 72.1 cm³/mol. The number of hydrogen-bond donors (Lipinski definition) is 0. The van der Waals surface area contributed by atoms with Crippen molar-refractivity contribution in [3.8, 4) is 0 Å². The van der Waals surface area contributed by atoms with Crippen LogP contribution < -0.4 is 0 Å². The molecule has 0 fully saturated rings. The smallest absolute Gasteiger partial charge is 0.0485 e. The van der Waals surface area contributed by atoms with Crippen LogP contribution in [0.3, 0.4) is 0 Å². The summed E-state index contributed by atoms with van der Waals surface area (Å²) in [7, 11) is 0. The van der Waals surface area contributed by atoms with Crippen LogP contribution in [0.2, 0.25) is 0 Å². The van der Waals surface area contributed by atoms with Crippen molar-refractivity contribution in [2.75, 3.05) is 0 Å². The zero-order valence-corrected chi connectivity index (χ0v) is 10.3. The van der Waals surface area contributed by atoms with Crippen LogP contribution in [0, 0.1) is 0 Å². The van der Waals surface area contributed by atoms with Crippen LogP contribution in [-0.4, -0.2) is 4.98 Å². The van der Waals surface area contributed by atoms with Gasteiger partial charge in [0.05, 0.1) is 0 Å². The molecule has 0 atom stereocenters. The summed E-state index contributed by atoms with van der Waals surface area (Å²) in [5.41, 5.74) is 2.39. The average molecular weight is 234 g/mol. The molecule has 0 amide bonds. The minimum absolute atomic E-state index is 0. The standard InChI is InChI=1S/C14H15N.ClH/c1-11(2)7-8-14-13-6-4-3-5-12(13)9-10-15-14;/h3-6,9-10H,1,7-8H2,2H3;1H. The second kappa shape index (κ2) is 5.66. The molecule has 1 aromatic heterocycles. The molecule has 0 radical (unpaired) electrons. The minimum Gasteiger partial charge on any atom is -0.261 e. The fraction of sp³-hybridized carbons (Fsp3) is 0.214. The third-order valence-electron chi connectivity index (χ3n) is 2.54. The summed E-state index contributed by atoms with van der Waals surface area (Å²) in [5.74, 6) is 0. The SMILES string of the molecule is C=C(C)CCc1nccc2ccccc12.Cl. The first-order valence-electron chi connectivity index (χ1n) is 5.24. The molecule has 84 valence electrons. The Morgan fingerprint density at radius 3 is 2.75 bits per heavy atom. The third-order valence-corrected chi connectivity index (χ3v) is 2.54. The number of aromatic nitrogens is 1. The molecule has 16 heavy (non-hydrogen) atoms. The van der Waals surface area contributed by atoms with Gasteiger partial charge in [-0.05, 0) is 31.2 Å². The Balaban J connectivity index is 0.00000128. The maximum absolute atomic E-state index is 4.44. The number of nitrogens with zero attached hydrogens (tertiary/aromatic N) is 1. The molecular weight excluding hydrogens is 218 g/mol. The molecule has 0 saturated carbocycles. The van der Waals surface area contributed by atoms with Gasteiger partial charge in [0.25, 0.3) is 0 Å². The molecule has 0 aliphatic heterocycles. The second-order valence-electron chi connectivity index (χ2n) is 3.94. The highest BCUT2D eigenvalue weighted by atomic mass is 35.5. The van der Waals surface area contributed by atoms with E-state index in [1.54, 1.807) is 0 Å². The molecule has 1 aromatic carbocycles. The Kier molecular flexibility index (Phi) is 4.51. The summed E-state index contributed by atoms with van der Waals surface area (Å²) in [5, 5.41) is 2.53. The predicted octanol–water partition coefficient (Wildman–Crippen LogP) is 4.17. The van der Waals surface area contributed by atoms with Crippen LogP contribution in [0.25, 0.3) is 10.8 Å². The van der Waals surface area contributed by atoms with Crippen LogP contribution in [0.4, 0.5) is 0 Å². The second-order valence-corrected chi connectivity index (χ2v) is 3.94. The molecule has 1 heterocycles. The average Bonchev–Trinajstić information content (AvgIpc) is 2.26. The van der Waals surface area contributed by atoms with E-state index >= 15 is 0 Å². The van der Waals surface area contributed by atoms with Gasteiger partial charge >= 0.3 is 0 Å². The lowest BCUT2D eigenvalue weighted by Crippen LogP contribution is -1.92. The van der Waals surface area contributed by atoms with E-state index in [4.69, 9.17) is 0 Å². The fourth-order valence-corrected chi connectivity index (χ4v) is 1.71. The number of pyridine rings is 1. The molecular formula is C14H16ClN. The summed E-state index contributed by atoms with van der Waals surface area (Å²) in [4.78, 5) is 4.44. The molecule has 0 unspecified atom stereocenters. The number of aryl methyl sites for hydroxylation is 1. The van der Waals surface area contributed by atoms with Crippen LogP contribution in [-0.2, 0) is 6.42 Å². The Bertz CT molecular complexity index is 486. The zero-order valence-electron chi connectivity index (χ0n) is 9.44. The van der Waals surface area contributed by atoms with Crippen molar-refractivity contribution in [2.45, 2.75) is 19.8 Å². The van der Waals surface area contributed by atoms with E-state index in [9.17, 15) is 0 Å². The zero-order chi connectivity index (χ0) is 10.7. The number of rotatable bonds is 3. The third kappa shape index (κ3) is 2.83. The molecule has 2 rings (SSSR count). The van der Waals surface area contributed by atoms with Gasteiger partial charge in [-0.1, -0.05) is 29.8 Å². The molecule has 2 aromatic rings. The molecule has 2 heteroatoms. The van der Waals surface area contributed by atoms with Crippen molar-refractivity contribution < 1.29 is 0 Å². The summed E-state index contributed by atoms with van der Waals surface area (Å²) in [6.07, 6.45) is 3.88. The molecule has 0 saturated heterocycles. The molecule has 0 aliphatic carbocycles. The van der Waals surface area contributed by atoms with Crippen molar-refractivity contribution in [3.63, 3.8) is 0 Å². The Morgan fingerprint density at radius 2 is 2.00 bits per heavy atom. The number of fused-ring (bicyclic) bond motifs is 1. The monoisotopic (exact) mass is 233 g/mol. The van der Waals surface area contributed by atoms with Crippen molar-refractivity contribution in [3.05, 3.63) is 54.4 Å². The Labute approximate surface area is 103 Å². The lowest BCUT2D eigenvalue weighted by molar-refractivity contribution is 0.915. The maximum Gasteiger partial charge on any atom is 0.0485 e. The van der Waals surface area contributed by atoms with Crippen molar-refractivity contribution in [1.82, 2.24) is 4.98 Å². The number of halogens is 1. The topological polar surface area (TPSA) is 12.9 Å². The fourth-order valence-electron chi connectivity index (χ4n) is 1.71. The van der Waals surface area contributed by atoms with Gasteiger partial charge in [0.2, 0.25) is 0 Å². The summed E-state index contributed by atoms with van der Waals surface area (Å²) < 4.78 is 0. The molecule has 1 nitrogen and oxygen atoms in total. The normalized spacial score (nSPS) is 9.81. The Hall–Kier alpha value is -1.34. The highest BCUT2D eigenvalue weighted by Gasteiger charge is 2.01. The number of benzene rings is 1. The lowest BCUT2D eigenvalue weighted by atomic mass is 10.1.